The summed E-state index contributed by atoms with van der Waals surface area (Å²) < 4.78 is 10.0. The Balaban J connectivity index is 2.49. The van der Waals surface area contributed by atoms with Gasteiger partial charge in [0.1, 0.15) is 6.61 Å². The van der Waals surface area contributed by atoms with Gasteiger partial charge in [0.15, 0.2) is 0 Å². The summed E-state index contributed by atoms with van der Waals surface area (Å²) in [5.74, 6) is 0.232. The van der Waals surface area contributed by atoms with E-state index in [1.54, 1.807) is 7.11 Å². The van der Waals surface area contributed by atoms with Gasteiger partial charge in [-0.25, -0.2) is 0 Å². The first-order valence-corrected chi connectivity index (χ1v) is 6.10. The molecule has 1 aromatic rings. The lowest BCUT2D eigenvalue weighted by molar-refractivity contribution is -0.121. The van der Waals surface area contributed by atoms with Crippen LogP contribution in [0.3, 0.4) is 0 Å². The number of rotatable bonds is 7. The summed E-state index contributed by atoms with van der Waals surface area (Å²) in [6.07, 6.45) is 0. The predicted octanol–water partition coefficient (Wildman–Crippen LogP) is 2.41. The van der Waals surface area contributed by atoms with Crippen molar-refractivity contribution in [3.63, 3.8) is 0 Å². The minimum Gasteiger partial charge on any atom is -0.382 e. The number of carbonyl (C=O) groups is 1. The third kappa shape index (κ3) is 4.85. The van der Waals surface area contributed by atoms with Crippen LogP contribution in [0.25, 0.3) is 0 Å². The lowest BCUT2D eigenvalue weighted by Gasteiger charge is -2.13. The standard InChI is InChI=1S/C14H21NO3/c1-11(2)12-6-4-5-7-13(12)15-14(16)10-18-9-8-17-3/h4-7,11H,8-10H2,1-3H3,(H,15,16). The highest BCUT2D eigenvalue weighted by Gasteiger charge is 2.08. The van der Waals surface area contributed by atoms with Crippen LogP contribution in [0.1, 0.15) is 25.3 Å². The van der Waals surface area contributed by atoms with Crippen LogP contribution >= 0.6 is 0 Å². The number of hydrogen-bond acceptors (Lipinski definition) is 3. The summed E-state index contributed by atoms with van der Waals surface area (Å²) in [7, 11) is 1.60. The quantitative estimate of drug-likeness (QED) is 0.757. The van der Waals surface area contributed by atoms with E-state index in [0.29, 0.717) is 19.1 Å². The summed E-state index contributed by atoms with van der Waals surface area (Å²) in [5, 5.41) is 2.86. The highest BCUT2D eigenvalue weighted by Crippen LogP contribution is 2.23. The van der Waals surface area contributed by atoms with Gasteiger partial charge in [0, 0.05) is 12.8 Å². The number of amides is 1. The molecule has 0 fully saturated rings. The third-order valence-electron chi connectivity index (χ3n) is 2.52. The molecule has 0 spiro atoms. The van der Waals surface area contributed by atoms with Crippen molar-refractivity contribution >= 4 is 11.6 Å². The molecule has 100 valence electrons. The van der Waals surface area contributed by atoms with Crippen LogP contribution in [0.4, 0.5) is 5.69 Å². The molecule has 0 aromatic heterocycles. The molecule has 4 heteroatoms. The Labute approximate surface area is 108 Å². The van der Waals surface area contributed by atoms with Crippen molar-refractivity contribution in [1.82, 2.24) is 0 Å². The molecule has 0 heterocycles. The molecule has 4 nitrogen and oxygen atoms in total. The van der Waals surface area contributed by atoms with E-state index in [1.807, 2.05) is 24.3 Å². The fraction of sp³-hybridized carbons (Fsp3) is 0.500. The van der Waals surface area contributed by atoms with Crippen LogP contribution in [0.2, 0.25) is 0 Å². The molecule has 0 unspecified atom stereocenters. The van der Waals surface area contributed by atoms with Crippen LogP contribution < -0.4 is 5.32 Å². The minimum absolute atomic E-state index is 0.0514. The highest BCUT2D eigenvalue weighted by atomic mass is 16.5. The molecule has 0 aliphatic carbocycles. The fourth-order valence-electron chi connectivity index (χ4n) is 1.61. The Morgan fingerprint density at radius 2 is 2.00 bits per heavy atom. The van der Waals surface area contributed by atoms with E-state index >= 15 is 0 Å². The zero-order chi connectivity index (χ0) is 13.4. The number of carbonyl (C=O) groups excluding carboxylic acids is 1. The number of benzene rings is 1. The number of para-hydroxylation sites is 1. The smallest absolute Gasteiger partial charge is 0.250 e. The van der Waals surface area contributed by atoms with Gasteiger partial charge in [0.2, 0.25) is 5.91 Å². The van der Waals surface area contributed by atoms with E-state index in [1.165, 1.54) is 0 Å². The van der Waals surface area contributed by atoms with Gasteiger partial charge in [-0.3, -0.25) is 4.79 Å². The molecule has 1 N–H and O–H groups in total. The first kappa shape index (κ1) is 14.7. The maximum Gasteiger partial charge on any atom is 0.250 e. The maximum absolute atomic E-state index is 11.7. The van der Waals surface area contributed by atoms with Crippen LogP contribution in [-0.2, 0) is 14.3 Å². The number of hydrogen-bond donors (Lipinski definition) is 1. The summed E-state index contributed by atoms with van der Waals surface area (Å²) in [4.78, 5) is 11.7. The summed E-state index contributed by atoms with van der Waals surface area (Å²) >= 11 is 0. The van der Waals surface area contributed by atoms with Crippen molar-refractivity contribution in [3.8, 4) is 0 Å². The molecule has 1 rings (SSSR count). The van der Waals surface area contributed by atoms with Gasteiger partial charge in [0.05, 0.1) is 13.2 Å². The zero-order valence-corrected chi connectivity index (χ0v) is 11.2. The molecular formula is C14H21NO3. The lowest BCUT2D eigenvalue weighted by atomic mass is 10.0. The topological polar surface area (TPSA) is 47.6 Å². The molecule has 0 atom stereocenters. The molecule has 0 aliphatic heterocycles. The largest absolute Gasteiger partial charge is 0.382 e. The molecule has 0 saturated carbocycles. The van der Waals surface area contributed by atoms with Crippen molar-refractivity contribution in [2.45, 2.75) is 19.8 Å². The van der Waals surface area contributed by atoms with Gasteiger partial charge in [-0.05, 0) is 17.5 Å². The number of methoxy groups -OCH3 is 1. The second-order valence-electron chi connectivity index (χ2n) is 4.34. The van der Waals surface area contributed by atoms with Crippen molar-refractivity contribution < 1.29 is 14.3 Å². The molecular weight excluding hydrogens is 230 g/mol. The number of nitrogens with one attached hydrogen (secondary N) is 1. The second kappa shape index (κ2) is 7.84. The van der Waals surface area contributed by atoms with Crippen molar-refractivity contribution in [2.24, 2.45) is 0 Å². The minimum atomic E-state index is -0.140. The van der Waals surface area contributed by atoms with E-state index in [4.69, 9.17) is 9.47 Å². The van der Waals surface area contributed by atoms with Crippen LogP contribution in [0, 0.1) is 0 Å². The Hall–Kier alpha value is -1.39. The third-order valence-corrected chi connectivity index (χ3v) is 2.52. The first-order valence-electron chi connectivity index (χ1n) is 6.10. The Morgan fingerprint density at radius 1 is 1.28 bits per heavy atom. The Kier molecular flexibility index (Phi) is 6.39. The van der Waals surface area contributed by atoms with Gasteiger partial charge >= 0.3 is 0 Å². The van der Waals surface area contributed by atoms with E-state index in [9.17, 15) is 4.79 Å². The number of anilines is 1. The maximum atomic E-state index is 11.7. The lowest BCUT2D eigenvalue weighted by Crippen LogP contribution is -2.20. The van der Waals surface area contributed by atoms with Crippen molar-refractivity contribution in [3.05, 3.63) is 29.8 Å². The number of ether oxygens (including phenoxy) is 2. The molecule has 0 radical (unpaired) electrons. The van der Waals surface area contributed by atoms with E-state index in [2.05, 4.69) is 19.2 Å². The van der Waals surface area contributed by atoms with Gasteiger partial charge in [0.25, 0.3) is 0 Å². The van der Waals surface area contributed by atoms with Crippen LogP contribution in [-0.4, -0.2) is 32.8 Å². The molecule has 18 heavy (non-hydrogen) atoms. The summed E-state index contributed by atoms with van der Waals surface area (Å²) in [5.41, 5.74) is 1.98. The fourth-order valence-corrected chi connectivity index (χ4v) is 1.61. The normalized spacial score (nSPS) is 10.7. The first-order chi connectivity index (χ1) is 8.65. The van der Waals surface area contributed by atoms with E-state index in [-0.39, 0.29) is 12.5 Å². The predicted molar refractivity (Wildman–Crippen MR) is 71.9 cm³/mol. The van der Waals surface area contributed by atoms with Crippen molar-refractivity contribution in [1.29, 1.82) is 0 Å². The average Bonchev–Trinajstić information content (AvgIpc) is 2.35. The Bertz CT molecular complexity index is 377. The van der Waals surface area contributed by atoms with Crippen molar-refractivity contribution in [2.75, 3.05) is 32.2 Å². The van der Waals surface area contributed by atoms with E-state index in [0.717, 1.165) is 11.3 Å². The zero-order valence-electron chi connectivity index (χ0n) is 11.2. The second-order valence-corrected chi connectivity index (χ2v) is 4.34. The molecule has 0 bridgehead atoms. The summed E-state index contributed by atoms with van der Waals surface area (Å²) in [6, 6.07) is 7.81. The van der Waals surface area contributed by atoms with Gasteiger partial charge < -0.3 is 14.8 Å². The average molecular weight is 251 g/mol. The highest BCUT2D eigenvalue weighted by molar-refractivity contribution is 5.92. The molecule has 1 aromatic carbocycles. The molecule has 0 aliphatic rings. The van der Waals surface area contributed by atoms with Crippen LogP contribution in [0.15, 0.2) is 24.3 Å². The molecule has 1 amide bonds. The van der Waals surface area contributed by atoms with Crippen LogP contribution in [0.5, 0.6) is 0 Å². The van der Waals surface area contributed by atoms with Gasteiger partial charge in [-0.15, -0.1) is 0 Å². The van der Waals surface area contributed by atoms with Gasteiger partial charge in [-0.1, -0.05) is 32.0 Å². The van der Waals surface area contributed by atoms with Gasteiger partial charge in [-0.2, -0.15) is 0 Å². The molecule has 0 saturated heterocycles. The SMILES string of the molecule is COCCOCC(=O)Nc1ccccc1C(C)C. The van der Waals surface area contributed by atoms with E-state index < -0.39 is 0 Å². The Morgan fingerprint density at radius 3 is 2.67 bits per heavy atom. The summed E-state index contributed by atoms with van der Waals surface area (Å²) in [6.45, 7) is 5.17. The monoisotopic (exact) mass is 251 g/mol.